The van der Waals surface area contributed by atoms with Crippen LogP contribution in [-0.2, 0) is 10.0 Å². The van der Waals surface area contributed by atoms with Gasteiger partial charge in [0.25, 0.3) is 5.69 Å². The molecule has 0 bridgehead atoms. The molecule has 2 rings (SSSR count). The number of nitrogens with two attached hydrogens (primary N) is 1. The fourth-order valence-electron chi connectivity index (χ4n) is 2.52. The quantitative estimate of drug-likeness (QED) is 0.440. The number of hydrogen-bond donors (Lipinski definition) is 2. The van der Waals surface area contributed by atoms with Crippen molar-refractivity contribution in [1.82, 2.24) is 4.90 Å². The molecule has 3 N–H and O–H groups in total. The number of hydrogen-bond acceptors (Lipinski definition) is 6. The highest BCUT2D eigenvalue weighted by Crippen LogP contribution is 2.27. The molecule has 0 radical (unpaired) electrons. The van der Waals surface area contributed by atoms with Gasteiger partial charge in [-0.1, -0.05) is 0 Å². The van der Waals surface area contributed by atoms with E-state index in [1.807, 2.05) is 0 Å². The van der Waals surface area contributed by atoms with E-state index >= 15 is 0 Å². The lowest BCUT2D eigenvalue weighted by molar-refractivity contribution is -0.384. The average Bonchev–Trinajstić information content (AvgIpc) is 2.95. The number of nitro groups is 1. The molecule has 8 nitrogen and oxygen atoms in total. The normalized spacial score (nSPS) is 15.9. The molecule has 1 fully saturated rings. The molecule has 1 aromatic rings. The molecule has 122 valence electrons. The molecule has 1 aromatic carbocycles. The van der Waals surface area contributed by atoms with Gasteiger partial charge in [-0.25, -0.2) is 13.6 Å². The Kier molecular flexibility index (Phi) is 5.33. The second-order valence-corrected chi connectivity index (χ2v) is 6.87. The lowest BCUT2D eigenvalue weighted by Crippen LogP contribution is -2.22. The molecule has 9 heteroatoms. The van der Waals surface area contributed by atoms with Crippen LogP contribution in [0, 0.1) is 10.1 Å². The summed E-state index contributed by atoms with van der Waals surface area (Å²) in [7, 11) is -3.95. The van der Waals surface area contributed by atoms with Crippen LogP contribution in [0.5, 0.6) is 0 Å². The van der Waals surface area contributed by atoms with Crippen molar-refractivity contribution in [2.75, 3.05) is 31.5 Å². The zero-order chi connectivity index (χ0) is 16.2. The maximum atomic E-state index is 11.3. The topological polar surface area (TPSA) is 119 Å². The fraction of sp³-hybridized carbons (Fsp3) is 0.538. The van der Waals surface area contributed by atoms with Crippen molar-refractivity contribution in [1.29, 1.82) is 0 Å². The molecular formula is C13H20N4O4S. The first-order valence-electron chi connectivity index (χ1n) is 7.15. The summed E-state index contributed by atoms with van der Waals surface area (Å²) in [6, 6.07) is 3.64. The third-order valence-electron chi connectivity index (χ3n) is 3.66. The number of sulfonamides is 1. The van der Waals surface area contributed by atoms with Crippen LogP contribution >= 0.6 is 0 Å². The molecule has 1 heterocycles. The maximum absolute atomic E-state index is 11.3. The Hall–Kier alpha value is -1.71. The second-order valence-electron chi connectivity index (χ2n) is 5.31. The van der Waals surface area contributed by atoms with Gasteiger partial charge in [0.2, 0.25) is 10.0 Å². The minimum atomic E-state index is -3.95. The number of nitrogens with zero attached hydrogens (tertiary/aromatic N) is 2. The Morgan fingerprint density at radius 2 is 2.00 bits per heavy atom. The Balaban J connectivity index is 1.98. The molecule has 22 heavy (non-hydrogen) atoms. The minimum absolute atomic E-state index is 0.262. The van der Waals surface area contributed by atoms with Crippen molar-refractivity contribution in [3.8, 4) is 0 Å². The van der Waals surface area contributed by atoms with Crippen LogP contribution in [0.15, 0.2) is 23.1 Å². The molecule has 1 saturated heterocycles. The van der Waals surface area contributed by atoms with Gasteiger partial charge in [0.15, 0.2) is 0 Å². The summed E-state index contributed by atoms with van der Waals surface area (Å²) >= 11 is 0. The van der Waals surface area contributed by atoms with Crippen LogP contribution in [0.2, 0.25) is 0 Å². The first kappa shape index (κ1) is 16.7. The lowest BCUT2D eigenvalue weighted by Gasteiger charge is -2.14. The van der Waals surface area contributed by atoms with Gasteiger partial charge in [0.1, 0.15) is 5.69 Å². The number of primary sulfonamides is 1. The zero-order valence-electron chi connectivity index (χ0n) is 12.2. The molecule has 0 spiro atoms. The van der Waals surface area contributed by atoms with Crippen molar-refractivity contribution in [3.63, 3.8) is 0 Å². The van der Waals surface area contributed by atoms with Gasteiger partial charge in [-0.3, -0.25) is 10.1 Å². The van der Waals surface area contributed by atoms with Crippen molar-refractivity contribution in [2.45, 2.75) is 24.2 Å². The van der Waals surface area contributed by atoms with Crippen LogP contribution in [0.1, 0.15) is 19.3 Å². The minimum Gasteiger partial charge on any atom is -0.379 e. The van der Waals surface area contributed by atoms with Gasteiger partial charge >= 0.3 is 0 Å². The van der Waals surface area contributed by atoms with Crippen LogP contribution in [0.25, 0.3) is 0 Å². The lowest BCUT2D eigenvalue weighted by atomic mass is 10.2. The Labute approximate surface area is 129 Å². The van der Waals surface area contributed by atoms with Crippen molar-refractivity contribution in [3.05, 3.63) is 28.3 Å². The molecule has 0 aliphatic carbocycles. The summed E-state index contributed by atoms with van der Waals surface area (Å²) in [6.45, 7) is 3.77. The van der Waals surface area contributed by atoms with E-state index in [1.54, 1.807) is 0 Å². The standard InChI is InChI=1S/C13H20N4O4S/c14-22(20,21)11-4-5-12(13(10-11)17(18)19)15-6-3-9-16-7-1-2-8-16/h4-5,10,15H,1-3,6-9H2,(H2,14,20,21). The Morgan fingerprint density at radius 3 is 2.59 bits per heavy atom. The summed E-state index contributed by atoms with van der Waals surface area (Å²) in [5.74, 6) is 0. The highest BCUT2D eigenvalue weighted by atomic mass is 32.2. The predicted octanol–water partition coefficient (Wildman–Crippen LogP) is 1.14. The monoisotopic (exact) mass is 328 g/mol. The third kappa shape index (κ3) is 4.39. The van der Waals surface area contributed by atoms with Crippen molar-refractivity contribution in [2.24, 2.45) is 5.14 Å². The summed E-state index contributed by atoms with van der Waals surface area (Å²) < 4.78 is 22.5. The van der Waals surface area contributed by atoms with E-state index in [0.717, 1.165) is 32.1 Å². The van der Waals surface area contributed by atoms with Crippen LogP contribution in [0.3, 0.4) is 0 Å². The molecule has 0 amide bonds. The number of nitrogens with one attached hydrogen (secondary N) is 1. The van der Waals surface area contributed by atoms with Gasteiger partial charge in [0.05, 0.1) is 9.82 Å². The SMILES string of the molecule is NS(=O)(=O)c1ccc(NCCCN2CCCC2)c([N+](=O)[O-])c1. The number of nitro benzene ring substituents is 1. The Morgan fingerprint density at radius 1 is 1.32 bits per heavy atom. The van der Waals surface area contributed by atoms with Gasteiger partial charge in [-0.15, -0.1) is 0 Å². The molecule has 0 saturated carbocycles. The van der Waals surface area contributed by atoms with Crippen molar-refractivity contribution < 1.29 is 13.3 Å². The fourth-order valence-corrected chi connectivity index (χ4v) is 3.05. The Bertz CT molecular complexity index is 641. The number of likely N-dealkylation sites (tertiary alicyclic amines) is 1. The summed E-state index contributed by atoms with van der Waals surface area (Å²) in [5.41, 5.74) is 0.0199. The highest BCUT2D eigenvalue weighted by Gasteiger charge is 2.19. The van der Waals surface area contributed by atoms with E-state index in [-0.39, 0.29) is 10.6 Å². The van der Waals surface area contributed by atoms with Gasteiger partial charge in [-0.05, 0) is 51.0 Å². The number of anilines is 1. The highest BCUT2D eigenvalue weighted by molar-refractivity contribution is 7.89. The molecule has 0 aromatic heterocycles. The number of benzene rings is 1. The summed E-state index contributed by atoms with van der Waals surface area (Å²) in [4.78, 5) is 12.5. The molecule has 0 unspecified atom stereocenters. The summed E-state index contributed by atoms with van der Waals surface area (Å²) in [5, 5.41) is 19.0. The largest absolute Gasteiger partial charge is 0.379 e. The average molecular weight is 328 g/mol. The van der Waals surface area contributed by atoms with Gasteiger partial charge in [-0.2, -0.15) is 0 Å². The first-order valence-corrected chi connectivity index (χ1v) is 8.70. The van der Waals surface area contributed by atoms with Crippen LogP contribution in [-0.4, -0.2) is 44.4 Å². The maximum Gasteiger partial charge on any atom is 0.293 e. The predicted molar refractivity (Wildman–Crippen MR) is 83.3 cm³/mol. The molecular weight excluding hydrogens is 308 g/mol. The van der Waals surface area contributed by atoms with E-state index < -0.39 is 14.9 Å². The second kappa shape index (κ2) is 7.03. The van der Waals surface area contributed by atoms with Crippen LogP contribution in [0.4, 0.5) is 11.4 Å². The van der Waals surface area contributed by atoms with E-state index in [0.29, 0.717) is 12.2 Å². The van der Waals surface area contributed by atoms with Gasteiger partial charge in [0, 0.05) is 12.6 Å². The smallest absolute Gasteiger partial charge is 0.293 e. The van der Waals surface area contributed by atoms with E-state index in [1.165, 1.54) is 25.0 Å². The molecule has 0 atom stereocenters. The van der Waals surface area contributed by atoms with Crippen LogP contribution < -0.4 is 10.5 Å². The van der Waals surface area contributed by atoms with Crippen molar-refractivity contribution >= 4 is 21.4 Å². The number of rotatable bonds is 7. The van der Waals surface area contributed by atoms with Gasteiger partial charge < -0.3 is 10.2 Å². The first-order chi connectivity index (χ1) is 10.4. The van der Waals surface area contributed by atoms with E-state index in [2.05, 4.69) is 10.2 Å². The van der Waals surface area contributed by atoms with E-state index in [9.17, 15) is 18.5 Å². The zero-order valence-corrected chi connectivity index (χ0v) is 13.0. The third-order valence-corrected chi connectivity index (χ3v) is 4.57. The molecule has 1 aliphatic rings. The molecule has 1 aliphatic heterocycles. The summed E-state index contributed by atoms with van der Waals surface area (Å²) in [6.07, 6.45) is 3.33. The van der Waals surface area contributed by atoms with E-state index in [4.69, 9.17) is 5.14 Å².